The lowest BCUT2D eigenvalue weighted by atomic mass is 9.76. The van der Waals surface area contributed by atoms with Gasteiger partial charge < -0.3 is 14.8 Å². The first-order valence-electron chi connectivity index (χ1n) is 8.36. The van der Waals surface area contributed by atoms with Crippen LogP contribution in [0, 0.1) is 5.92 Å². The zero-order valence-corrected chi connectivity index (χ0v) is 14.6. The third-order valence-electron chi connectivity index (χ3n) is 4.86. The number of ether oxygens (including phenoxy) is 2. The maximum Gasteiger partial charge on any atom is 0.491 e. The number of carbonyl (C=O) groups is 2. The third-order valence-corrected chi connectivity index (χ3v) is 4.86. The molecular weight excluding hydrogens is 351 g/mol. The number of rotatable bonds is 6. The second-order valence-corrected chi connectivity index (χ2v) is 6.40. The van der Waals surface area contributed by atoms with Gasteiger partial charge in [0.1, 0.15) is 5.60 Å². The summed E-state index contributed by atoms with van der Waals surface area (Å²) in [6.07, 6.45) is -3.38. The normalized spacial score (nSPS) is 21.0. The van der Waals surface area contributed by atoms with Crippen LogP contribution in [0.2, 0.25) is 0 Å². The molecule has 5 nitrogen and oxygen atoms in total. The van der Waals surface area contributed by atoms with E-state index in [0.717, 1.165) is 12.0 Å². The van der Waals surface area contributed by atoms with Gasteiger partial charge in [0.15, 0.2) is 0 Å². The molecule has 0 amide bonds. The summed E-state index contributed by atoms with van der Waals surface area (Å²) in [4.78, 5) is 23.4. The van der Waals surface area contributed by atoms with Crippen molar-refractivity contribution in [1.29, 1.82) is 0 Å². The first kappa shape index (κ1) is 20.4. The smallest absolute Gasteiger partial charge is 0.386 e. The molecule has 1 aromatic rings. The molecule has 0 radical (unpaired) electrons. The van der Waals surface area contributed by atoms with Gasteiger partial charge in [-0.2, -0.15) is 13.2 Å². The molecule has 2 rings (SSSR count). The van der Waals surface area contributed by atoms with Crippen LogP contribution in [0.25, 0.3) is 0 Å². The van der Waals surface area contributed by atoms with Crippen LogP contribution in [0.4, 0.5) is 13.2 Å². The van der Waals surface area contributed by atoms with E-state index in [1.54, 1.807) is 0 Å². The summed E-state index contributed by atoms with van der Waals surface area (Å²) in [6, 6.07) is 8.94. The molecule has 0 spiro atoms. The monoisotopic (exact) mass is 373 g/mol. The fourth-order valence-corrected chi connectivity index (χ4v) is 3.42. The molecule has 144 valence electrons. The summed E-state index contributed by atoms with van der Waals surface area (Å²) in [6.45, 7) is 2.15. The number of halogens is 3. The zero-order chi connectivity index (χ0) is 19.4. The number of benzene rings is 1. The van der Waals surface area contributed by atoms with Gasteiger partial charge >= 0.3 is 18.1 Å². The fourth-order valence-electron chi connectivity index (χ4n) is 3.42. The van der Waals surface area contributed by atoms with Crippen molar-refractivity contribution in [3.63, 3.8) is 0 Å². The number of carbonyl (C=O) groups excluding carboxylic acids is 2. The van der Waals surface area contributed by atoms with Crippen LogP contribution in [0.5, 0.6) is 0 Å². The molecule has 0 unspecified atom stereocenters. The molecule has 0 aliphatic carbocycles. The molecule has 0 aromatic heterocycles. The number of hydrogen-bond donors (Lipinski definition) is 1. The minimum atomic E-state index is -5.23. The molecule has 1 N–H and O–H groups in total. The first-order chi connectivity index (χ1) is 12.2. The number of nitrogens with one attached hydrogen (secondary N) is 1. The highest BCUT2D eigenvalue weighted by atomic mass is 19.4. The third kappa shape index (κ3) is 4.42. The van der Waals surface area contributed by atoms with Gasteiger partial charge in [-0.1, -0.05) is 30.3 Å². The Balaban J connectivity index is 2.29. The topological polar surface area (TPSA) is 64.6 Å². The lowest BCUT2D eigenvalue weighted by Gasteiger charge is -2.41. The Morgan fingerprint density at radius 3 is 2.42 bits per heavy atom. The molecule has 0 bridgehead atoms. The van der Waals surface area contributed by atoms with E-state index in [-0.39, 0.29) is 6.04 Å². The van der Waals surface area contributed by atoms with Gasteiger partial charge in [-0.3, -0.25) is 4.79 Å². The van der Waals surface area contributed by atoms with Crippen molar-refractivity contribution in [2.45, 2.75) is 44.0 Å². The molecule has 1 aliphatic heterocycles. The van der Waals surface area contributed by atoms with Crippen molar-refractivity contribution in [1.82, 2.24) is 5.32 Å². The van der Waals surface area contributed by atoms with Crippen molar-refractivity contribution >= 4 is 11.9 Å². The summed E-state index contributed by atoms with van der Waals surface area (Å²) in [7, 11) is 1.41. The average molecular weight is 373 g/mol. The number of hydrogen-bond acceptors (Lipinski definition) is 5. The van der Waals surface area contributed by atoms with Crippen LogP contribution in [-0.2, 0) is 25.5 Å². The standard InChI is InChI=1S/C18H22F3NO4/c1-12(15(23)26-16(24)18(19,20)21)17(25-2,14-9-6-10-22-14)11-13-7-4-3-5-8-13/h3-5,7-8,12,14,22H,6,9-11H2,1-2H3/t12-,14-,17-/m0/s1. The molecule has 1 aromatic carbocycles. The molecule has 0 saturated carbocycles. The Bertz CT molecular complexity index is 629. The van der Waals surface area contributed by atoms with E-state index >= 15 is 0 Å². The maximum absolute atomic E-state index is 12.4. The Hall–Kier alpha value is -1.93. The van der Waals surface area contributed by atoms with Crippen molar-refractivity contribution in [2.24, 2.45) is 5.92 Å². The van der Waals surface area contributed by atoms with E-state index in [1.165, 1.54) is 14.0 Å². The minimum Gasteiger partial charge on any atom is -0.386 e. The van der Waals surface area contributed by atoms with E-state index in [2.05, 4.69) is 10.1 Å². The van der Waals surface area contributed by atoms with Gasteiger partial charge in [-0.15, -0.1) is 0 Å². The highest BCUT2D eigenvalue weighted by Crippen LogP contribution is 2.35. The fraction of sp³-hybridized carbons (Fsp3) is 0.556. The van der Waals surface area contributed by atoms with Crippen LogP contribution in [0.15, 0.2) is 30.3 Å². The number of methoxy groups -OCH3 is 1. The lowest BCUT2D eigenvalue weighted by molar-refractivity contribution is -0.206. The molecule has 1 aliphatic rings. The molecule has 1 fully saturated rings. The van der Waals surface area contributed by atoms with Crippen LogP contribution >= 0.6 is 0 Å². The molecular formula is C18H22F3NO4. The molecule has 8 heteroatoms. The van der Waals surface area contributed by atoms with Crippen LogP contribution in [0.3, 0.4) is 0 Å². The van der Waals surface area contributed by atoms with Crippen molar-refractivity contribution in [2.75, 3.05) is 13.7 Å². The average Bonchev–Trinajstić information content (AvgIpc) is 3.14. The Labute approximate surface area is 149 Å². The highest BCUT2D eigenvalue weighted by molar-refractivity contribution is 5.90. The highest BCUT2D eigenvalue weighted by Gasteiger charge is 2.51. The summed E-state index contributed by atoms with van der Waals surface area (Å²) in [5.41, 5.74) is -0.272. The summed E-state index contributed by atoms with van der Waals surface area (Å²) in [5.74, 6) is -4.85. The molecule has 1 saturated heterocycles. The predicted octanol–water partition coefficient (Wildman–Crippen LogP) is 2.63. The first-order valence-corrected chi connectivity index (χ1v) is 8.36. The van der Waals surface area contributed by atoms with E-state index in [9.17, 15) is 22.8 Å². The number of esters is 2. The van der Waals surface area contributed by atoms with E-state index in [0.29, 0.717) is 19.4 Å². The zero-order valence-electron chi connectivity index (χ0n) is 14.6. The van der Waals surface area contributed by atoms with Crippen molar-refractivity contribution in [3.05, 3.63) is 35.9 Å². The summed E-state index contributed by atoms with van der Waals surface area (Å²) < 4.78 is 47.1. The molecule has 3 atom stereocenters. The largest absolute Gasteiger partial charge is 0.491 e. The van der Waals surface area contributed by atoms with Crippen molar-refractivity contribution in [3.8, 4) is 0 Å². The lowest BCUT2D eigenvalue weighted by Crippen LogP contribution is -2.58. The van der Waals surface area contributed by atoms with Crippen LogP contribution in [-0.4, -0.2) is 43.4 Å². The van der Waals surface area contributed by atoms with Crippen molar-refractivity contribution < 1.29 is 32.2 Å². The van der Waals surface area contributed by atoms with Gasteiger partial charge in [0.05, 0.1) is 5.92 Å². The maximum atomic E-state index is 12.4. The van der Waals surface area contributed by atoms with Gasteiger partial charge in [-0.05, 0) is 31.9 Å². The van der Waals surface area contributed by atoms with Gasteiger partial charge in [-0.25, -0.2) is 4.79 Å². The minimum absolute atomic E-state index is 0.253. The molecule has 1 heterocycles. The van der Waals surface area contributed by atoms with E-state index in [1.807, 2.05) is 30.3 Å². The van der Waals surface area contributed by atoms with Crippen LogP contribution < -0.4 is 5.32 Å². The number of alkyl halides is 3. The SMILES string of the molecule is CO[C@](Cc1ccccc1)([C@@H]1CCCN1)[C@@H](C)C(=O)OC(=O)C(F)(F)F. The van der Waals surface area contributed by atoms with E-state index < -0.39 is 29.6 Å². The van der Waals surface area contributed by atoms with Crippen LogP contribution in [0.1, 0.15) is 25.3 Å². The Kier molecular flexibility index (Phi) is 6.41. The second kappa shape index (κ2) is 8.18. The Morgan fingerprint density at radius 2 is 1.92 bits per heavy atom. The van der Waals surface area contributed by atoms with Gasteiger partial charge in [0, 0.05) is 19.6 Å². The van der Waals surface area contributed by atoms with Gasteiger partial charge in [0.2, 0.25) is 0 Å². The van der Waals surface area contributed by atoms with Gasteiger partial charge in [0.25, 0.3) is 0 Å². The second-order valence-electron chi connectivity index (χ2n) is 6.40. The quantitative estimate of drug-likeness (QED) is 0.614. The summed E-state index contributed by atoms with van der Waals surface area (Å²) >= 11 is 0. The molecule has 26 heavy (non-hydrogen) atoms. The Morgan fingerprint density at radius 1 is 1.27 bits per heavy atom. The summed E-state index contributed by atoms with van der Waals surface area (Å²) in [5, 5.41) is 3.25. The predicted molar refractivity (Wildman–Crippen MR) is 87.2 cm³/mol. The van der Waals surface area contributed by atoms with E-state index in [4.69, 9.17) is 4.74 Å².